The van der Waals surface area contributed by atoms with E-state index in [0.717, 1.165) is 6.21 Å². The summed E-state index contributed by atoms with van der Waals surface area (Å²) < 4.78 is 0. The molecule has 2 N–H and O–H groups in total. The Kier molecular flexibility index (Phi) is 2.42. The summed E-state index contributed by atoms with van der Waals surface area (Å²) in [4.78, 5) is 10.6. The molecule has 0 spiro atoms. The minimum atomic E-state index is -1.04. The molecule has 0 amide bonds. The lowest BCUT2D eigenvalue weighted by atomic mass is 10.1. The highest BCUT2D eigenvalue weighted by Gasteiger charge is 2.05. The predicted molar refractivity (Wildman–Crippen MR) is 42.8 cm³/mol. The van der Waals surface area contributed by atoms with Gasteiger partial charge in [-0.15, -0.1) is 0 Å². The summed E-state index contributed by atoms with van der Waals surface area (Å²) in [5.74, 6) is -1.04. The first-order valence-electron chi connectivity index (χ1n) is 3.25. The van der Waals surface area contributed by atoms with Crippen LogP contribution in [0.3, 0.4) is 0 Å². The normalized spacial score (nSPS) is 10.3. The fourth-order valence-electron chi connectivity index (χ4n) is 0.867. The molecule has 62 valence electrons. The number of aromatic carboxylic acids is 1. The number of hydrogen-bond acceptors (Lipinski definition) is 3. The van der Waals surface area contributed by atoms with Crippen LogP contribution in [0.2, 0.25) is 0 Å². The van der Waals surface area contributed by atoms with E-state index in [0.29, 0.717) is 5.56 Å². The first kappa shape index (κ1) is 8.26. The van der Waals surface area contributed by atoms with E-state index in [4.69, 9.17) is 10.3 Å². The van der Waals surface area contributed by atoms with Crippen LogP contribution in [0.5, 0.6) is 0 Å². The zero-order valence-electron chi connectivity index (χ0n) is 6.14. The fourth-order valence-corrected chi connectivity index (χ4v) is 0.867. The minimum Gasteiger partial charge on any atom is -0.478 e. The van der Waals surface area contributed by atoms with Crippen molar-refractivity contribution >= 4 is 12.2 Å². The smallest absolute Gasteiger partial charge is 0.336 e. The number of nitrogens with zero attached hydrogens (tertiary/aromatic N) is 1. The van der Waals surface area contributed by atoms with Crippen molar-refractivity contribution in [2.24, 2.45) is 5.16 Å². The van der Waals surface area contributed by atoms with Crippen LogP contribution >= 0.6 is 0 Å². The Morgan fingerprint density at radius 3 is 2.67 bits per heavy atom. The molecule has 4 nitrogen and oxygen atoms in total. The van der Waals surface area contributed by atoms with E-state index in [-0.39, 0.29) is 5.56 Å². The Morgan fingerprint density at radius 2 is 2.08 bits per heavy atom. The van der Waals surface area contributed by atoms with Gasteiger partial charge in [0.1, 0.15) is 0 Å². The summed E-state index contributed by atoms with van der Waals surface area (Å²) in [7, 11) is 0. The second-order valence-corrected chi connectivity index (χ2v) is 2.14. The quantitative estimate of drug-likeness (QED) is 0.393. The van der Waals surface area contributed by atoms with Gasteiger partial charge in [-0.05, 0) is 6.07 Å². The van der Waals surface area contributed by atoms with Crippen molar-refractivity contribution in [2.75, 3.05) is 0 Å². The van der Waals surface area contributed by atoms with Gasteiger partial charge in [-0.25, -0.2) is 4.79 Å². The number of carboxylic acid groups (broad SMARTS) is 1. The van der Waals surface area contributed by atoms with Crippen LogP contribution in [0.4, 0.5) is 0 Å². The Balaban J connectivity index is 3.17. The third-order valence-electron chi connectivity index (χ3n) is 1.39. The zero-order valence-corrected chi connectivity index (χ0v) is 6.14. The monoisotopic (exact) mass is 165 g/mol. The van der Waals surface area contributed by atoms with Gasteiger partial charge in [0.05, 0.1) is 11.8 Å². The number of carbonyl (C=O) groups is 1. The van der Waals surface area contributed by atoms with Crippen molar-refractivity contribution in [1.82, 2.24) is 0 Å². The molecular formula is C8H7NO3. The van der Waals surface area contributed by atoms with Gasteiger partial charge in [-0.2, -0.15) is 0 Å². The second kappa shape index (κ2) is 3.52. The van der Waals surface area contributed by atoms with Gasteiger partial charge < -0.3 is 10.3 Å². The Labute approximate surface area is 68.8 Å². The highest BCUT2D eigenvalue weighted by atomic mass is 16.4. The van der Waals surface area contributed by atoms with Crippen LogP contribution in [-0.4, -0.2) is 22.5 Å². The number of carboxylic acids is 1. The number of rotatable bonds is 2. The highest BCUT2D eigenvalue weighted by Crippen LogP contribution is 2.05. The molecule has 0 atom stereocenters. The van der Waals surface area contributed by atoms with Crippen molar-refractivity contribution in [2.45, 2.75) is 0 Å². The summed E-state index contributed by atoms with van der Waals surface area (Å²) in [6.07, 6.45) is 1.09. The lowest BCUT2D eigenvalue weighted by Gasteiger charge is -1.97. The predicted octanol–water partition coefficient (Wildman–Crippen LogP) is 1.19. The molecular weight excluding hydrogens is 158 g/mol. The molecule has 0 fully saturated rings. The van der Waals surface area contributed by atoms with Gasteiger partial charge in [-0.3, -0.25) is 0 Å². The van der Waals surface area contributed by atoms with Crippen LogP contribution in [-0.2, 0) is 0 Å². The molecule has 0 saturated heterocycles. The molecule has 0 unspecified atom stereocenters. The van der Waals surface area contributed by atoms with Crippen LogP contribution < -0.4 is 0 Å². The third kappa shape index (κ3) is 1.60. The van der Waals surface area contributed by atoms with Gasteiger partial charge in [0.15, 0.2) is 0 Å². The van der Waals surface area contributed by atoms with Crippen LogP contribution in [0.1, 0.15) is 15.9 Å². The van der Waals surface area contributed by atoms with Crippen LogP contribution in [0, 0.1) is 0 Å². The maximum atomic E-state index is 10.6. The summed E-state index contributed by atoms with van der Waals surface area (Å²) in [5.41, 5.74) is 0.503. The van der Waals surface area contributed by atoms with E-state index < -0.39 is 5.97 Å². The molecule has 1 rings (SSSR count). The van der Waals surface area contributed by atoms with E-state index in [1.54, 1.807) is 18.2 Å². The van der Waals surface area contributed by atoms with Crippen molar-refractivity contribution < 1.29 is 15.1 Å². The van der Waals surface area contributed by atoms with Crippen molar-refractivity contribution in [1.29, 1.82) is 0 Å². The molecule has 1 aromatic rings. The molecule has 0 aromatic heterocycles. The van der Waals surface area contributed by atoms with Crippen molar-refractivity contribution in [3.63, 3.8) is 0 Å². The van der Waals surface area contributed by atoms with E-state index >= 15 is 0 Å². The Hall–Kier alpha value is -1.84. The van der Waals surface area contributed by atoms with E-state index in [1.165, 1.54) is 6.07 Å². The first-order valence-corrected chi connectivity index (χ1v) is 3.25. The molecule has 0 radical (unpaired) electrons. The van der Waals surface area contributed by atoms with E-state index in [9.17, 15) is 4.79 Å². The van der Waals surface area contributed by atoms with Gasteiger partial charge in [0.2, 0.25) is 0 Å². The molecule has 0 aliphatic heterocycles. The largest absolute Gasteiger partial charge is 0.478 e. The summed E-state index contributed by atoms with van der Waals surface area (Å²) in [6.45, 7) is 0. The SMILES string of the molecule is O=C(O)c1ccccc1/C=N/O. The Morgan fingerprint density at radius 1 is 1.42 bits per heavy atom. The number of hydrogen-bond donors (Lipinski definition) is 2. The molecule has 0 heterocycles. The number of benzene rings is 1. The zero-order chi connectivity index (χ0) is 8.97. The molecule has 12 heavy (non-hydrogen) atoms. The molecule has 1 aromatic carbocycles. The van der Waals surface area contributed by atoms with Crippen molar-refractivity contribution in [3.8, 4) is 0 Å². The maximum Gasteiger partial charge on any atom is 0.336 e. The number of oxime groups is 1. The minimum absolute atomic E-state index is 0.121. The van der Waals surface area contributed by atoms with E-state index in [1.807, 2.05) is 0 Å². The third-order valence-corrected chi connectivity index (χ3v) is 1.39. The van der Waals surface area contributed by atoms with Gasteiger partial charge in [0, 0.05) is 5.56 Å². The summed E-state index contributed by atoms with van der Waals surface area (Å²) in [5, 5.41) is 19.6. The molecule has 0 bridgehead atoms. The molecule has 0 aliphatic rings. The molecule has 0 saturated carbocycles. The van der Waals surface area contributed by atoms with Crippen LogP contribution in [0.25, 0.3) is 0 Å². The second-order valence-electron chi connectivity index (χ2n) is 2.14. The molecule has 0 aliphatic carbocycles. The standard InChI is InChI=1S/C8H7NO3/c10-8(11)7-4-2-1-3-6(7)5-9-12/h1-5,12H,(H,10,11)/b9-5+. The highest BCUT2D eigenvalue weighted by molar-refractivity contribution is 5.98. The summed E-state index contributed by atoms with van der Waals surface area (Å²) in [6, 6.07) is 6.28. The van der Waals surface area contributed by atoms with Gasteiger partial charge in [0.25, 0.3) is 0 Å². The summed E-state index contributed by atoms with van der Waals surface area (Å²) >= 11 is 0. The van der Waals surface area contributed by atoms with E-state index in [2.05, 4.69) is 5.16 Å². The lowest BCUT2D eigenvalue weighted by molar-refractivity contribution is 0.0697. The maximum absolute atomic E-state index is 10.6. The van der Waals surface area contributed by atoms with Gasteiger partial charge in [-0.1, -0.05) is 23.4 Å². The average Bonchev–Trinajstić information content (AvgIpc) is 2.05. The lowest BCUT2D eigenvalue weighted by Crippen LogP contribution is -2.00. The van der Waals surface area contributed by atoms with Crippen LogP contribution in [0.15, 0.2) is 29.4 Å². The Bertz CT molecular complexity index is 320. The topological polar surface area (TPSA) is 69.9 Å². The first-order chi connectivity index (χ1) is 5.75. The van der Waals surface area contributed by atoms with Crippen molar-refractivity contribution in [3.05, 3.63) is 35.4 Å². The van der Waals surface area contributed by atoms with Gasteiger partial charge >= 0.3 is 5.97 Å². The average molecular weight is 165 g/mol. The molecule has 4 heteroatoms. The fraction of sp³-hybridized carbons (Fsp3) is 0.